The first-order chi connectivity index (χ1) is 12.4. The summed E-state index contributed by atoms with van der Waals surface area (Å²) >= 11 is 11.6. The van der Waals surface area contributed by atoms with Crippen molar-refractivity contribution in [1.82, 2.24) is 9.78 Å². The number of hydrogen-bond acceptors (Lipinski definition) is 2. The fourth-order valence-corrected chi connectivity index (χ4v) is 3.25. The van der Waals surface area contributed by atoms with Gasteiger partial charge in [-0.2, -0.15) is 5.10 Å². The number of para-hydroxylation sites is 1. The summed E-state index contributed by atoms with van der Waals surface area (Å²) in [6, 6.07) is 15.9. The summed E-state index contributed by atoms with van der Waals surface area (Å²) in [4.78, 5) is 0. The summed E-state index contributed by atoms with van der Waals surface area (Å²) < 4.78 is 1.96. The summed E-state index contributed by atoms with van der Waals surface area (Å²) in [5.41, 5.74) is 6.09. The summed E-state index contributed by atoms with van der Waals surface area (Å²) in [5.74, 6) is 0. The zero-order valence-electron chi connectivity index (χ0n) is 15.0. The molecule has 2 aromatic carbocycles. The fraction of sp³-hybridized carbons (Fsp3) is 0.200. The number of nitrogens with zero attached hydrogens (tertiary/aromatic N) is 2. The Labute approximate surface area is 164 Å². The first-order valence-electron chi connectivity index (χ1n) is 8.36. The summed E-state index contributed by atoms with van der Waals surface area (Å²) in [5, 5.41) is 12.4. The minimum Gasteiger partial charge on any atom is -0.332 e. The molecule has 26 heavy (non-hydrogen) atoms. The number of aryl methyl sites for hydroxylation is 2. The van der Waals surface area contributed by atoms with Gasteiger partial charge < -0.3 is 10.6 Å². The molecule has 0 radical (unpaired) electrons. The molecule has 0 aliphatic carbocycles. The minimum atomic E-state index is 0.549. The zero-order chi connectivity index (χ0) is 18.7. The van der Waals surface area contributed by atoms with Gasteiger partial charge in [0.05, 0.1) is 23.6 Å². The van der Waals surface area contributed by atoms with Gasteiger partial charge in [-0.05, 0) is 62.3 Å². The Kier molecular flexibility index (Phi) is 5.59. The molecule has 0 saturated heterocycles. The highest BCUT2D eigenvalue weighted by Crippen LogP contribution is 2.22. The third-order valence-electron chi connectivity index (χ3n) is 4.23. The average molecular weight is 385 g/mol. The number of anilines is 2. The van der Waals surface area contributed by atoms with Crippen molar-refractivity contribution in [2.24, 2.45) is 0 Å². The summed E-state index contributed by atoms with van der Waals surface area (Å²) in [6.45, 7) is 6.71. The molecule has 0 aliphatic rings. The van der Waals surface area contributed by atoms with Crippen molar-refractivity contribution < 1.29 is 0 Å². The van der Waals surface area contributed by atoms with Crippen LogP contribution in [-0.4, -0.2) is 14.9 Å². The van der Waals surface area contributed by atoms with Gasteiger partial charge in [0.25, 0.3) is 0 Å². The van der Waals surface area contributed by atoms with Crippen LogP contribution in [0.15, 0.2) is 48.5 Å². The second kappa shape index (κ2) is 7.89. The number of rotatable bonds is 4. The molecule has 0 saturated carbocycles. The first kappa shape index (κ1) is 18.4. The van der Waals surface area contributed by atoms with Gasteiger partial charge in [0.2, 0.25) is 0 Å². The Bertz CT molecular complexity index is 949. The van der Waals surface area contributed by atoms with E-state index in [1.54, 1.807) is 0 Å². The maximum absolute atomic E-state index is 6.08. The highest BCUT2D eigenvalue weighted by Gasteiger charge is 2.13. The molecule has 0 fully saturated rings. The summed E-state index contributed by atoms with van der Waals surface area (Å²) in [6.07, 6.45) is 0. The van der Waals surface area contributed by atoms with Crippen LogP contribution in [0.5, 0.6) is 0 Å². The third kappa shape index (κ3) is 4.23. The largest absolute Gasteiger partial charge is 0.332 e. The van der Waals surface area contributed by atoms with Gasteiger partial charge in [0.1, 0.15) is 0 Å². The average Bonchev–Trinajstić information content (AvgIpc) is 2.84. The molecule has 0 spiro atoms. The molecule has 2 N–H and O–H groups in total. The predicted octanol–water partition coefficient (Wildman–Crippen LogP) is 5.32. The van der Waals surface area contributed by atoms with Crippen LogP contribution in [0.2, 0.25) is 5.02 Å². The van der Waals surface area contributed by atoms with Crippen molar-refractivity contribution in [3.8, 4) is 0 Å². The molecule has 3 rings (SSSR count). The van der Waals surface area contributed by atoms with E-state index in [-0.39, 0.29) is 0 Å². The van der Waals surface area contributed by atoms with Crippen molar-refractivity contribution >= 4 is 40.3 Å². The number of aromatic nitrogens is 2. The second-order valence-electron chi connectivity index (χ2n) is 6.23. The predicted molar refractivity (Wildman–Crippen MR) is 113 cm³/mol. The number of halogens is 1. The minimum absolute atomic E-state index is 0.549. The Morgan fingerprint density at radius 1 is 1.08 bits per heavy atom. The van der Waals surface area contributed by atoms with Gasteiger partial charge in [0, 0.05) is 10.7 Å². The van der Waals surface area contributed by atoms with E-state index >= 15 is 0 Å². The van der Waals surface area contributed by atoms with Crippen LogP contribution in [0.1, 0.15) is 22.5 Å². The normalized spacial score (nSPS) is 10.6. The van der Waals surface area contributed by atoms with Crippen LogP contribution >= 0.6 is 23.8 Å². The quantitative estimate of drug-likeness (QED) is 0.597. The van der Waals surface area contributed by atoms with Crippen LogP contribution in [0.4, 0.5) is 11.4 Å². The van der Waals surface area contributed by atoms with Gasteiger partial charge in [-0.3, -0.25) is 4.68 Å². The van der Waals surface area contributed by atoms with Crippen LogP contribution in [0.25, 0.3) is 0 Å². The van der Waals surface area contributed by atoms with E-state index in [2.05, 4.69) is 15.7 Å². The molecule has 0 bridgehead atoms. The van der Waals surface area contributed by atoms with Gasteiger partial charge >= 0.3 is 0 Å². The van der Waals surface area contributed by atoms with Crippen LogP contribution in [-0.2, 0) is 6.54 Å². The summed E-state index contributed by atoms with van der Waals surface area (Å²) in [7, 11) is 0. The number of benzene rings is 2. The molecule has 1 aromatic heterocycles. The highest BCUT2D eigenvalue weighted by atomic mass is 35.5. The lowest BCUT2D eigenvalue weighted by Gasteiger charge is -2.13. The monoisotopic (exact) mass is 384 g/mol. The fourth-order valence-electron chi connectivity index (χ4n) is 2.82. The lowest BCUT2D eigenvalue weighted by atomic mass is 10.2. The SMILES string of the molecule is Cc1ccccc1NC(=S)Nc1c(C)nn(Cc2cccc(Cl)c2)c1C. The smallest absolute Gasteiger partial charge is 0.175 e. The zero-order valence-corrected chi connectivity index (χ0v) is 16.6. The van der Waals surface area contributed by atoms with Gasteiger partial charge in [0.15, 0.2) is 5.11 Å². The molecule has 6 heteroatoms. The van der Waals surface area contributed by atoms with Gasteiger partial charge in [-0.25, -0.2) is 0 Å². The van der Waals surface area contributed by atoms with Crippen molar-refractivity contribution in [2.75, 3.05) is 10.6 Å². The maximum atomic E-state index is 6.08. The van der Waals surface area contributed by atoms with E-state index in [1.165, 1.54) is 0 Å². The van der Waals surface area contributed by atoms with E-state index in [0.29, 0.717) is 11.7 Å². The molecule has 0 amide bonds. The maximum Gasteiger partial charge on any atom is 0.175 e. The first-order valence-corrected chi connectivity index (χ1v) is 9.15. The van der Waals surface area contributed by atoms with Crippen LogP contribution in [0.3, 0.4) is 0 Å². The number of hydrogen-bond donors (Lipinski definition) is 2. The molecule has 0 unspecified atom stereocenters. The molecule has 1 heterocycles. The Balaban J connectivity index is 1.75. The van der Waals surface area contributed by atoms with E-state index in [0.717, 1.165) is 38.9 Å². The topological polar surface area (TPSA) is 41.9 Å². The molecule has 0 aliphatic heterocycles. The molecular weight excluding hydrogens is 364 g/mol. The Morgan fingerprint density at radius 2 is 1.85 bits per heavy atom. The van der Waals surface area contributed by atoms with Crippen LogP contribution in [0, 0.1) is 20.8 Å². The molecule has 4 nitrogen and oxygen atoms in total. The van der Waals surface area contributed by atoms with Crippen molar-refractivity contribution in [1.29, 1.82) is 0 Å². The van der Waals surface area contributed by atoms with Gasteiger partial charge in [-0.15, -0.1) is 0 Å². The third-order valence-corrected chi connectivity index (χ3v) is 4.67. The Morgan fingerprint density at radius 3 is 2.58 bits per heavy atom. The lowest BCUT2D eigenvalue weighted by Crippen LogP contribution is -2.20. The number of nitrogens with one attached hydrogen (secondary N) is 2. The standard InChI is InChI=1S/C20H21ClN4S/c1-13-7-4-5-10-18(13)22-20(26)23-19-14(2)24-25(15(19)3)12-16-8-6-9-17(21)11-16/h4-11H,12H2,1-3H3,(H2,22,23,26). The van der Waals surface area contributed by atoms with E-state index in [4.69, 9.17) is 23.8 Å². The molecular formula is C20H21ClN4S. The second-order valence-corrected chi connectivity index (χ2v) is 7.07. The number of thiocarbonyl (C=S) groups is 1. The highest BCUT2D eigenvalue weighted by molar-refractivity contribution is 7.80. The van der Waals surface area contributed by atoms with E-state index in [1.807, 2.05) is 74.0 Å². The van der Waals surface area contributed by atoms with E-state index in [9.17, 15) is 0 Å². The molecule has 3 aromatic rings. The van der Waals surface area contributed by atoms with Gasteiger partial charge in [-0.1, -0.05) is 41.9 Å². The Hall–Kier alpha value is -2.37. The van der Waals surface area contributed by atoms with Crippen LogP contribution < -0.4 is 10.6 Å². The lowest BCUT2D eigenvalue weighted by molar-refractivity contribution is 0.659. The van der Waals surface area contributed by atoms with Crippen molar-refractivity contribution in [3.05, 3.63) is 76.1 Å². The molecule has 0 atom stereocenters. The van der Waals surface area contributed by atoms with E-state index < -0.39 is 0 Å². The van der Waals surface area contributed by atoms with Crippen molar-refractivity contribution in [2.45, 2.75) is 27.3 Å². The molecule has 134 valence electrons. The van der Waals surface area contributed by atoms with Crippen molar-refractivity contribution in [3.63, 3.8) is 0 Å².